The number of aromatic nitrogens is 3. The van der Waals surface area contributed by atoms with E-state index >= 15 is 0 Å². The molecular formula is C14H24N4O3S. The Morgan fingerprint density at radius 3 is 2.77 bits per heavy atom. The number of β-amino-alcohol motifs (C(OH)–C–C–N with tert-alkyl or cyclic N) is 1. The molecule has 1 aromatic heterocycles. The number of hydrogen-bond donors (Lipinski definition) is 1. The Balaban J connectivity index is 1.78. The van der Waals surface area contributed by atoms with E-state index in [9.17, 15) is 13.5 Å². The Kier molecular flexibility index (Phi) is 4.03. The summed E-state index contributed by atoms with van der Waals surface area (Å²) >= 11 is 0. The molecule has 0 bridgehead atoms. The highest BCUT2D eigenvalue weighted by Crippen LogP contribution is 2.35. The Morgan fingerprint density at radius 1 is 1.45 bits per heavy atom. The van der Waals surface area contributed by atoms with Gasteiger partial charge in [0.2, 0.25) is 10.0 Å². The fraction of sp³-hybridized carbons (Fsp3) is 0.857. The minimum Gasteiger partial charge on any atom is -0.382 e. The first-order valence-electron chi connectivity index (χ1n) is 7.93. The van der Waals surface area contributed by atoms with Gasteiger partial charge >= 0.3 is 0 Å². The molecule has 1 atom stereocenters. The standard InChI is InChI=1S/C14H24N4O3S/c1-11(2)18-8-13(15-16-18)14(19)6-3-7-17(10-14)22(20,21)9-12-4-5-12/h8,11-12,19H,3-7,9-10H2,1-2H3. The predicted molar refractivity (Wildman–Crippen MR) is 81.6 cm³/mol. The smallest absolute Gasteiger partial charge is 0.214 e. The van der Waals surface area contributed by atoms with Gasteiger partial charge in [-0.1, -0.05) is 5.21 Å². The topological polar surface area (TPSA) is 88.3 Å². The number of sulfonamides is 1. The Morgan fingerprint density at radius 2 is 2.18 bits per heavy atom. The average Bonchev–Trinajstić information content (AvgIpc) is 3.08. The molecule has 8 heteroatoms. The van der Waals surface area contributed by atoms with E-state index in [1.54, 1.807) is 10.9 Å². The molecule has 1 unspecified atom stereocenters. The van der Waals surface area contributed by atoms with E-state index in [1.165, 1.54) is 4.31 Å². The second kappa shape index (κ2) is 5.58. The summed E-state index contributed by atoms with van der Waals surface area (Å²) in [5, 5.41) is 19.0. The van der Waals surface area contributed by atoms with Gasteiger partial charge in [0.1, 0.15) is 11.3 Å². The largest absolute Gasteiger partial charge is 0.382 e. The van der Waals surface area contributed by atoms with Crippen molar-refractivity contribution in [2.24, 2.45) is 5.92 Å². The molecule has 1 N–H and O–H groups in total. The molecule has 2 aliphatic rings. The average molecular weight is 328 g/mol. The lowest BCUT2D eigenvalue weighted by molar-refractivity contribution is -0.0162. The quantitative estimate of drug-likeness (QED) is 0.867. The van der Waals surface area contributed by atoms with Crippen LogP contribution >= 0.6 is 0 Å². The van der Waals surface area contributed by atoms with Crippen LogP contribution in [-0.2, 0) is 15.6 Å². The second-order valence-electron chi connectivity index (χ2n) is 6.87. The predicted octanol–water partition coefficient (Wildman–Crippen LogP) is 0.882. The minimum atomic E-state index is -3.29. The van der Waals surface area contributed by atoms with E-state index in [4.69, 9.17) is 0 Å². The van der Waals surface area contributed by atoms with Crippen molar-refractivity contribution in [1.29, 1.82) is 0 Å². The van der Waals surface area contributed by atoms with Crippen molar-refractivity contribution >= 4 is 10.0 Å². The zero-order chi connectivity index (χ0) is 16.0. The molecule has 1 aliphatic carbocycles. The molecule has 3 rings (SSSR count). The summed E-state index contributed by atoms with van der Waals surface area (Å²) in [5.41, 5.74) is -0.769. The van der Waals surface area contributed by atoms with Gasteiger partial charge < -0.3 is 5.11 Å². The molecule has 0 amide bonds. The van der Waals surface area contributed by atoms with Crippen molar-refractivity contribution in [2.75, 3.05) is 18.8 Å². The molecule has 1 saturated carbocycles. The highest BCUT2D eigenvalue weighted by Gasteiger charge is 2.42. The van der Waals surface area contributed by atoms with Crippen LogP contribution in [0.2, 0.25) is 0 Å². The number of piperidine rings is 1. The Hall–Kier alpha value is -0.990. The molecule has 1 saturated heterocycles. The summed E-state index contributed by atoms with van der Waals surface area (Å²) in [7, 11) is -3.29. The third-order valence-electron chi connectivity index (χ3n) is 4.49. The molecule has 7 nitrogen and oxygen atoms in total. The number of nitrogens with zero attached hydrogens (tertiary/aromatic N) is 4. The van der Waals surface area contributed by atoms with Gasteiger partial charge in [0.05, 0.1) is 11.9 Å². The van der Waals surface area contributed by atoms with Gasteiger partial charge in [0.15, 0.2) is 0 Å². The van der Waals surface area contributed by atoms with Crippen LogP contribution in [0, 0.1) is 5.92 Å². The van der Waals surface area contributed by atoms with Crippen molar-refractivity contribution in [3.8, 4) is 0 Å². The van der Waals surface area contributed by atoms with E-state index in [0.717, 1.165) is 12.8 Å². The summed E-state index contributed by atoms with van der Waals surface area (Å²) in [4.78, 5) is 0. The van der Waals surface area contributed by atoms with Crippen LogP contribution in [0.3, 0.4) is 0 Å². The normalized spacial score (nSPS) is 27.5. The van der Waals surface area contributed by atoms with E-state index in [0.29, 0.717) is 31.0 Å². The first kappa shape index (κ1) is 15.9. The van der Waals surface area contributed by atoms with Crippen molar-refractivity contribution in [1.82, 2.24) is 19.3 Å². The van der Waals surface area contributed by atoms with Crippen molar-refractivity contribution in [3.63, 3.8) is 0 Å². The SMILES string of the molecule is CC(C)n1cc(C2(O)CCCN(S(=O)(=O)CC3CC3)C2)nn1. The summed E-state index contributed by atoms with van der Waals surface area (Å²) in [5.74, 6) is 0.517. The minimum absolute atomic E-state index is 0.0822. The molecule has 1 aliphatic heterocycles. The summed E-state index contributed by atoms with van der Waals surface area (Å²) in [6.45, 7) is 4.53. The Bertz CT molecular complexity index is 638. The molecule has 0 radical (unpaired) electrons. The molecule has 124 valence electrons. The molecule has 0 spiro atoms. The first-order chi connectivity index (χ1) is 10.3. The fourth-order valence-corrected chi connectivity index (χ4v) is 4.83. The monoisotopic (exact) mass is 328 g/mol. The van der Waals surface area contributed by atoms with E-state index in [2.05, 4.69) is 10.3 Å². The van der Waals surface area contributed by atoms with Gasteiger partial charge in [-0.25, -0.2) is 13.1 Å². The van der Waals surface area contributed by atoms with Gasteiger partial charge in [-0.05, 0) is 45.4 Å². The molecule has 22 heavy (non-hydrogen) atoms. The van der Waals surface area contributed by atoms with Crippen LogP contribution in [0.25, 0.3) is 0 Å². The van der Waals surface area contributed by atoms with Crippen molar-refractivity contribution in [2.45, 2.75) is 51.2 Å². The second-order valence-corrected chi connectivity index (χ2v) is 8.88. The van der Waals surface area contributed by atoms with Crippen LogP contribution in [-0.4, -0.2) is 51.7 Å². The third kappa shape index (κ3) is 3.18. The maximum Gasteiger partial charge on any atom is 0.214 e. The molecule has 2 fully saturated rings. The fourth-order valence-electron chi connectivity index (χ4n) is 2.87. The number of rotatable bonds is 5. The van der Waals surface area contributed by atoms with E-state index in [1.807, 2.05) is 13.8 Å². The van der Waals surface area contributed by atoms with Gasteiger partial charge in [0, 0.05) is 19.1 Å². The van der Waals surface area contributed by atoms with Crippen molar-refractivity contribution < 1.29 is 13.5 Å². The lowest BCUT2D eigenvalue weighted by atomic mass is 9.91. The third-order valence-corrected chi connectivity index (χ3v) is 6.48. The zero-order valence-electron chi connectivity index (χ0n) is 13.1. The summed E-state index contributed by atoms with van der Waals surface area (Å²) in [6, 6.07) is 0.156. The van der Waals surface area contributed by atoms with Crippen LogP contribution in [0.4, 0.5) is 0 Å². The molecule has 2 heterocycles. The highest BCUT2D eigenvalue weighted by atomic mass is 32.2. The van der Waals surface area contributed by atoms with Gasteiger partial charge in [0.25, 0.3) is 0 Å². The van der Waals surface area contributed by atoms with Crippen LogP contribution in [0.1, 0.15) is 51.3 Å². The zero-order valence-corrected chi connectivity index (χ0v) is 14.0. The van der Waals surface area contributed by atoms with E-state index < -0.39 is 15.6 Å². The van der Waals surface area contributed by atoms with E-state index in [-0.39, 0.29) is 18.3 Å². The molecule has 1 aromatic rings. The Labute approximate surface area is 131 Å². The number of aliphatic hydroxyl groups is 1. The van der Waals surface area contributed by atoms with Crippen LogP contribution in [0.15, 0.2) is 6.20 Å². The maximum absolute atomic E-state index is 12.4. The van der Waals surface area contributed by atoms with Gasteiger partial charge in [-0.15, -0.1) is 5.10 Å². The van der Waals surface area contributed by atoms with Gasteiger partial charge in [-0.2, -0.15) is 4.31 Å². The molecule has 0 aromatic carbocycles. The number of hydrogen-bond acceptors (Lipinski definition) is 5. The molecular weight excluding hydrogens is 304 g/mol. The van der Waals surface area contributed by atoms with Gasteiger partial charge in [-0.3, -0.25) is 0 Å². The summed E-state index contributed by atoms with van der Waals surface area (Å²) < 4.78 is 28.0. The lowest BCUT2D eigenvalue weighted by Crippen LogP contribution is -2.49. The highest BCUT2D eigenvalue weighted by molar-refractivity contribution is 7.89. The van der Waals surface area contributed by atoms with Crippen LogP contribution < -0.4 is 0 Å². The van der Waals surface area contributed by atoms with Crippen molar-refractivity contribution in [3.05, 3.63) is 11.9 Å². The van der Waals surface area contributed by atoms with Crippen LogP contribution in [0.5, 0.6) is 0 Å². The summed E-state index contributed by atoms with van der Waals surface area (Å²) in [6.07, 6.45) is 4.87. The lowest BCUT2D eigenvalue weighted by Gasteiger charge is -2.37. The maximum atomic E-state index is 12.4. The first-order valence-corrected chi connectivity index (χ1v) is 9.54.